The number of aliphatic imine (C=N–C) groups is 1. The van der Waals surface area contributed by atoms with Crippen molar-refractivity contribution in [1.82, 2.24) is 15.5 Å². The Morgan fingerprint density at radius 1 is 1.29 bits per heavy atom. The number of aliphatic hydroxyl groups excluding tert-OH is 1. The number of aliphatic hydroxyl groups is 1. The van der Waals surface area contributed by atoms with Gasteiger partial charge in [0.1, 0.15) is 0 Å². The van der Waals surface area contributed by atoms with Gasteiger partial charge in [0, 0.05) is 39.1 Å². The first-order valence-corrected chi connectivity index (χ1v) is 10.1. The molecule has 1 aliphatic heterocycles. The second kappa shape index (κ2) is 14.1. The van der Waals surface area contributed by atoms with Crippen molar-refractivity contribution in [3.05, 3.63) is 35.9 Å². The highest BCUT2D eigenvalue weighted by Gasteiger charge is 2.21. The van der Waals surface area contributed by atoms with E-state index < -0.39 is 6.10 Å². The lowest BCUT2D eigenvalue weighted by Crippen LogP contribution is -2.50. The van der Waals surface area contributed by atoms with Crippen molar-refractivity contribution in [1.29, 1.82) is 0 Å². The highest BCUT2D eigenvalue weighted by Crippen LogP contribution is 2.07. The van der Waals surface area contributed by atoms with E-state index in [1.807, 2.05) is 37.3 Å². The first kappa shape index (κ1) is 25.1. The summed E-state index contributed by atoms with van der Waals surface area (Å²) in [6, 6.07) is 10.0. The van der Waals surface area contributed by atoms with Gasteiger partial charge in [-0.1, -0.05) is 44.2 Å². The van der Waals surface area contributed by atoms with E-state index in [1.54, 1.807) is 0 Å². The van der Waals surface area contributed by atoms with Crippen molar-refractivity contribution in [3.63, 3.8) is 0 Å². The number of guanidine groups is 1. The lowest BCUT2D eigenvalue weighted by Gasteiger charge is -2.34. The molecule has 2 atom stereocenters. The van der Waals surface area contributed by atoms with E-state index in [0.717, 1.165) is 50.9 Å². The summed E-state index contributed by atoms with van der Waals surface area (Å²) in [5, 5.41) is 16.9. The summed E-state index contributed by atoms with van der Waals surface area (Å²) in [7, 11) is 0. The van der Waals surface area contributed by atoms with Gasteiger partial charge in [-0.3, -0.25) is 9.89 Å². The molecule has 1 aromatic carbocycles. The molecular weight excluding hydrogens is 467 g/mol. The highest BCUT2D eigenvalue weighted by atomic mass is 127. The predicted octanol–water partition coefficient (Wildman–Crippen LogP) is 2.12. The number of nitrogens with zero attached hydrogens (tertiary/aromatic N) is 2. The van der Waals surface area contributed by atoms with Gasteiger partial charge in [-0.25, -0.2) is 0 Å². The lowest BCUT2D eigenvalue weighted by atomic mass is 10.1. The number of rotatable bonds is 9. The molecule has 0 saturated carbocycles. The maximum Gasteiger partial charge on any atom is 0.191 e. The minimum absolute atomic E-state index is 0. The van der Waals surface area contributed by atoms with Crippen LogP contribution in [0.5, 0.6) is 0 Å². The van der Waals surface area contributed by atoms with E-state index in [2.05, 4.69) is 34.4 Å². The van der Waals surface area contributed by atoms with Gasteiger partial charge in [0.25, 0.3) is 0 Å². The number of nitrogens with one attached hydrogen (secondary N) is 2. The Hall–Kier alpha value is -0.900. The number of ether oxygens (including phenoxy) is 1. The van der Waals surface area contributed by atoms with Gasteiger partial charge in [-0.2, -0.15) is 0 Å². The molecular formula is C21H37IN4O2. The predicted molar refractivity (Wildman–Crippen MR) is 127 cm³/mol. The smallest absolute Gasteiger partial charge is 0.191 e. The number of hydrogen-bond acceptors (Lipinski definition) is 4. The van der Waals surface area contributed by atoms with E-state index in [0.29, 0.717) is 18.9 Å². The number of hydrogen-bond donors (Lipinski definition) is 3. The lowest BCUT2D eigenvalue weighted by molar-refractivity contribution is -0.0284. The van der Waals surface area contributed by atoms with Crippen molar-refractivity contribution in [2.24, 2.45) is 10.9 Å². The van der Waals surface area contributed by atoms with Gasteiger partial charge in [0.05, 0.1) is 25.4 Å². The zero-order valence-electron chi connectivity index (χ0n) is 17.4. The topological polar surface area (TPSA) is 69.1 Å². The van der Waals surface area contributed by atoms with Gasteiger partial charge in [0.2, 0.25) is 0 Å². The summed E-state index contributed by atoms with van der Waals surface area (Å²) in [6.07, 6.45) is 0.283. The van der Waals surface area contributed by atoms with Crippen LogP contribution in [-0.4, -0.2) is 74.0 Å². The molecule has 1 aliphatic rings. The second-order valence-electron chi connectivity index (χ2n) is 7.59. The third-order valence-corrected chi connectivity index (χ3v) is 4.46. The molecule has 0 radical (unpaired) electrons. The minimum atomic E-state index is -0.490. The molecule has 1 fully saturated rings. The molecule has 1 heterocycles. The maximum absolute atomic E-state index is 10.3. The summed E-state index contributed by atoms with van der Waals surface area (Å²) in [5.74, 6) is 1.40. The SMILES string of the molecule is CCNC(=NCC(O)Cc1ccccc1)NCC1CN(CC(C)C)CCO1.I. The molecule has 1 aromatic rings. The molecule has 0 amide bonds. The molecule has 160 valence electrons. The van der Waals surface area contributed by atoms with Crippen LogP contribution in [0, 0.1) is 5.92 Å². The summed E-state index contributed by atoms with van der Waals surface area (Å²) in [4.78, 5) is 7.00. The van der Waals surface area contributed by atoms with Crippen LogP contribution < -0.4 is 10.6 Å². The Kier molecular flexibility index (Phi) is 12.7. The Bertz CT molecular complexity index is 557. The summed E-state index contributed by atoms with van der Waals surface area (Å²) in [5.41, 5.74) is 1.12. The van der Waals surface area contributed by atoms with E-state index in [9.17, 15) is 5.11 Å². The van der Waals surface area contributed by atoms with Crippen LogP contribution in [0.2, 0.25) is 0 Å². The number of halogens is 1. The molecule has 2 unspecified atom stereocenters. The first-order valence-electron chi connectivity index (χ1n) is 10.1. The third kappa shape index (κ3) is 10.0. The molecule has 0 aromatic heterocycles. The van der Waals surface area contributed by atoms with E-state index in [1.165, 1.54) is 0 Å². The van der Waals surface area contributed by atoms with Crippen LogP contribution >= 0.6 is 24.0 Å². The molecule has 0 bridgehead atoms. The average Bonchev–Trinajstić information content (AvgIpc) is 2.64. The molecule has 7 heteroatoms. The van der Waals surface area contributed by atoms with Crippen molar-refractivity contribution < 1.29 is 9.84 Å². The largest absolute Gasteiger partial charge is 0.391 e. The Morgan fingerprint density at radius 2 is 2.04 bits per heavy atom. The van der Waals surface area contributed by atoms with Crippen LogP contribution in [0.25, 0.3) is 0 Å². The van der Waals surface area contributed by atoms with E-state index >= 15 is 0 Å². The van der Waals surface area contributed by atoms with Gasteiger partial charge >= 0.3 is 0 Å². The summed E-state index contributed by atoms with van der Waals surface area (Å²) >= 11 is 0. The molecule has 3 N–H and O–H groups in total. The van der Waals surface area contributed by atoms with Crippen LogP contribution in [0.15, 0.2) is 35.3 Å². The molecule has 0 aliphatic carbocycles. The quantitative estimate of drug-likeness (QED) is 0.273. The average molecular weight is 504 g/mol. The van der Waals surface area contributed by atoms with Crippen molar-refractivity contribution in [2.45, 2.75) is 39.4 Å². The monoisotopic (exact) mass is 504 g/mol. The Morgan fingerprint density at radius 3 is 2.71 bits per heavy atom. The Balaban J connectivity index is 0.00000392. The van der Waals surface area contributed by atoms with Crippen LogP contribution in [0.4, 0.5) is 0 Å². The summed E-state index contributed by atoms with van der Waals surface area (Å²) in [6.45, 7) is 12.3. The summed E-state index contributed by atoms with van der Waals surface area (Å²) < 4.78 is 5.89. The van der Waals surface area contributed by atoms with Gasteiger partial charge < -0.3 is 20.5 Å². The van der Waals surface area contributed by atoms with Crippen molar-refractivity contribution >= 4 is 29.9 Å². The van der Waals surface area contributed by atoms with Gasteiger partial charge in [-0.15, -0.1) is 24.0 Å². The zero-order valence-corrected chi connectivity index (χ0v) is 19.8. The fourth-order valence-electron chi connectivity index (χ4n) is 3.29. The van der Waals surface area contributed by atoms with Crippen LogP contribution in [0.3, 0.4) is 0 Å². The third-order valence-electron chi connectivity index (χ3n) is 4.46. The number of benzene rings is 1. The molecule has 2 rings (SSSR count). The first-order chi connectivity index (χ1) is 13.1. The fraction of sp³-hybridized carbons (Fsp3) is 0.667. The zero-order chi connectivity index (χ0) is 19.5. The minimum Gasteiger partial charge on any atom is -0.391 e. The molecule has 28 heavy (non-hydrogen) atoms. The highest BCUT2D eigenvalue weighted by molar-refractivity contribution is 14.0. The van der Waals surface area contributed by atoms with Crippen LogP contribution in [-0.2, 0) is 11.2 Å². The Labute approximate surface area is 187 Å². The van der Waals surface area contributed by atoms with E-state index in [-0.39, 0.29) is 30.1 Å². The standard InChI is InChI=1S/C21H36N4O2.HI/c1-4-22-21(23-13-19(26)12-18-8-6-5-7-9-18)24-14-20-16-25(10-11-27-20)15-17(2)3;/h5-9,17,19-20,26H,4,10-16H2,1-3H3,(H2,22,23,24);1H. The van der Waals surface area contributed by atoms with Crippen molar-refractivity contribution in [3.8, 4) is 0 Å². The molecule has 1 saturated heterocycles. The fourth-order valence-corrected chi connectivity index (χ4v) is 3.29. The second-order valence-corrected chi connectivity index (χ2v) is 7.59. The van der Waals surface area contributed by atoms with Gasteiger partial charge in [-0.05, 0) is 18.4 Å². The molecule has 0 spiro atoms. The van der Waals surface area contributed by atoms with E-state index in [4.69, 9.17) is 4.74 Å². The van der Waals surface area contributed by atoms with Crippen LogP contribution in [0.1, 0.15) is 26.3 Å². The van der Waals surface area contributed by atoms with Crippen molar-refractivity contribution in [2.75, 3.05) is 45.9 Å². The molecule has 6 nitrogen and oxygen atoms in total. The van der Waals surface area contributed by atoms with Gasteiger partial charge in [0.15, 0.2) is 5.96 Å². The normalized spacial score (nSPS) is 19.2. The number of morpholine rings is 1. The maximum atomic E-state index is 10.3.